The van der Waals surface area contributed by atoms with Crippen LogP contribution in [0.3, 0.4) is 0 Å². The predicted octanol–water partition coefficient (Wildman–Crippen LogP) is 2.83. The molecule has 1 fully saturated rings. The Morgan fingerprint density at radius 2 is 1.79 bits per heavy atom. The molecule has 0 atom stereocenters. The van der Waals surface area contributed by atoms with Crippen LogP contribution >= 0.6 is 0 Å². The molecule has 0 N–H and O–H groups in total. The molecule has 1 aliphatic heterocycles. The number of nitrogens with zero attached hydrogens (tertiary/aromatic N) is 1. The molecule has 0 spiro atoms. The number of ether oxygens (including phenoxy) is 2. The highest BCUT2D eigenvalue weighted by atomic mass is 16.6. The van der Waals surface area contributed by atoms with Gasteiger partial charge >= 0.3 is 6.09 Å². The molecule has 1 amide bonds. The number of piperidine rings is 1. The van der Waals surface area contributed by atoms with Gasteiger partial charge in [0.05, 0.1) is 13.2 Å². The molecule has 1 heterocycles. The van der Waals surface area contributed by atoms with Crippen molar-refractivity contribution in [1.29, 1.82) is 0 Å². The zero-order chi connectivity index (χ0) is 13.3. The van der Waals surface area contributed by atoms with E-state index in [9.17, 15) is 4.79 Å². The van der Waals surface area contributed by atoms with Crippen molar-refractivity contribution in [3.05, 3.63) is 35.9 Å². The van der Waals surface area contributed by atoms with E-state index in [1.54, 1.807) is 4.90 Å². The van der Waals surface area contributed by atoms with Crippen LogP contribution in [0.15, 0.2) is 30.3 Å². The maximum absolute atomic E-state index is 11.7. The molecule has 0 radical (unpaired) electrons. The molecule has 1 aromatic rings. The van der Waals surface area contributed by atoms with Gasteiger partial charge in [0.1, 0.15) is 6.61 Å². The van der Waals surface area contributed by atoms with Crippen LogP contribution in [0.1, 0.15) is 24.8 Å². The Labute approximate surface area is 114 Å². The molecule has 4 heteroatoms. The lowest BCUT2D eigenvalue weighted by atomic mass is 10.1. The SMILES string of the molecule is O=C(OCCOCc1ccccc1)N1CCCCC1. The van der Waals surface area contributed by atoms with Crippen molar-refractivity contribution >= 4 is 6.09 Å². The van der Waals surface area contributed by atoms with Crippen molar-refractivity contribution in [2.45, 2.75) is 25.9 Å². The summed E-state index contributed by atoms with van der Waals surface area (Å²) in [4.78, 5) is 13.5. The first-order chi connectivity index (χ1) is 9.36. The highest BCUT2D eigenvalue weighted by Crippen LogP contribution is 2.09. The normalized spacial score (nSPS) is 15.3. The molecule has 1 aromatic carbocycles. The van der Waals surface area contributed by atoms with E-state index in [1.807, 2.05) is 30.3 Å². The van der Waals surface area contributed by atoms with Gasteiger partial charge in [-0.1, -0.05) is 30.3 Å². The third-order valence-electron chi connectivity index (χ3n) is 3.18. The first-order valence-corrected chi connectivity index (χ1v) is 6.89. The van der Waals surface area contributed by atoms with Crippen LogP contribution in [0.25, 0.3) is 0 Å². The van der Waals surface area contributed by atoms with Crippen molar-refractivity contribution in [2.75, 3.05) is 26.3 Å². The smallest absolute Gasteiger partial charge is 0.409 e. The summed E-state index contributed by atoms with van der Waals surface area (Å²) >= 11 is 0. The molecule has 0 bridgehead atoms. The summed E-state index contributed by atoms with van der Waals surface area (Å²) in [7, 11) is 0. The van der Waals surface area contributed by atoms with E-state index in [4.69, 9.17) is 9.47 Å². The van der Waals surface area contributed by atoms with E-state index in [-0.39, 0.29) is 6.09 Å². The third-order valence-corrected chi connectivity index (χ3v) is 3.18. The first-order valence-electron chi connectivity index (χ1n) is 6.89. The van der Waals surface area contributed by atoms with Gasteiger partial charge in [-0.15, -0.1) is 0 Å². The van der Waals surface area contributed by atoms with E-state index >= 15 is 0 Å². The zero-order valence-corrected chi connectivity index (χ0v) is 11.2. The van der Waals surface area contributed by atoms with Crippen molar-refractivity contribution in [3.63, 3.8) is 0 Å². The number of carbonyl (C=O) groups excluding carboxylic acids is 1. The molecule has 0 unspecified atom stereocenters. The Morgan fingerprint density at radius 1 is 1.05 bits per heavy atom. The Morgan fingerprint density at radius 3 is 2.53 bits per heavy atom. The molecule has 1 aliphatic rings. The Bertz CT molecular complexity index is 374. The zero-order valence-electron chi connectivity index (χ0n) is 11.2. The van der Waals surface area contributed by atoms with E-state index in [1.165, 1.54) is 6.42 Å². The van der Waals surface area contributed by atoms with Crippen molar-refractivity contribution in [3.8, 4) is 0 Å². The molecule has 1 saturated heterocycles. The quantitative estimate of drug-likeness (QED) is 0.767. The van der Waals surface area contributed by atoms with Gasteiger partial charge in [0.15, 0.2) is 0 Å². The summed E-state index contributed by atoms with van der Waals surface area (Å²) in [6, 6.07) is 9.97. The number of carbonyl (C=O) groups is 1. The molecule has 0 aromatic heterocycles. The Balaban J connectivity index is 1.55. The lowest BCUT2D eigenvalue weighted by Crippen LogP contribution is -2.36. The lowest BCUT2D eigenvalue weighted by molar-refractivity contribution is 0.0463. The van der Waals surface area contributed by atoms with E-state index in [0.29, 0.717) is 19.8 Å². The fourth-order valence-electron chi connectivity index (χ4n) is 2.12. The maximum atomic E-state index is 11.7. The summed E-state index contributed by atoms with van der Waals surface area (Å²) in [6.07, 6.45) is 3.17. The van der Waals surface area contributed by atoms with Gasteiger partial charge in [0, 0.05) is 13.1 Å². The second-order valence-electron chi connectivity index (χ2n) is 4.70. The number of hydrogen-bond acceptors (Lipinski definition) is 3. The minimum Gasteiger partial charge on any atom is -0.447 e. The van der Waals surface area contributed by atoms with E-state index in [2.05, 4.69) is 0 Å². The fourth-order valence-corrected chi connectivity index (χ4v) is 2.12. The Hall–Kier alpha value is -1.55. The van der Waals surface area contributed by atoms with Crippen LogP contribution in [0, 0.1) is 0 Å². The Kier molecular flexibility index (Phi) is 5.69. The van der Waals surface area contributed by atoms with Crippen LogP contribution in [0.4, 0.5) is 4.79 Å². The number of rotatable bonds is 5. The predicted molar refractivity (Wildman–Crippen MR) is 72.9 cm³/mol. The third kappa shape index (κ3) is 4.91. The summed E-state index contributed by atoms with van der Waals surface area (Å²) < 4.78 is 10.6. The summed E-state index contributed by atoms with van der Waals surface area (Å²) in [5.41, 5.74) is 1.13. The van der Waals surface area contributed by atoms with Crippen molar-refractivity contribution in [1.82, 2.24) is 4.90 Å². The monoisotopic (exact) mass is 263 g/mol. The average molecular weight is 263 g/mol. The molecule has 0 saturated carbocycles. The fraction of sp³-hybridized carbons (Fsp3) is 0.533. The van der Waals surface area contributed by atoms with Gasteiger partial charge in [-0.2, -0.15) is 0 Å². The van der Waals surface area contributed by atoms with Crippen LogP contribution in [-0.2, 0) is 16.1 Å². The van der Waals surface area contributed by atoms with Gasteiger partial charge in [-0.25, -0.2) is 4.79 Å². The lowest BCUT2D eigenvalue weighted by Gasteiger charge is -2.25. The van der Waals surface area contributed by atoms with E-state index < -0.39 is 0 Å². The number of benzene rings is 1. The van der Waals surface area contributed by atoms with Gasteiger partial charge in [-0.3, -0.25) is 0 Å². The highest BCUT2D eigenvalue weighted by Gasteiger charge is 2.17. The number of amides is 1. The summed E-state index contributed by atoms with van der Waals surface area (Å²) in [6.45, 7) is 2.96. The molecule has 19 heavy (non-hydrogen) atoms. The maximum Gasteiger partial charge on any atom is 0.409 e. The minimum atomic E-state index is -0.206. The number of likely N-dealkylation sites (tertiary alicyclic amines) is 1. The topological polar surface area (TPSA) is 38.8 Å². The van der Waals surface area contributed by atoms with Gasteiger partial charge < -0.3 is 14.4 Å². The van der Waals surface area contributed by atoms with Crippen LogP contribution in [-0.4, -0.2) is 37.3 Å². The first kappa shape index (κ1) is 13.9. The largest absolute Gasteiger partial charge is 0.447 e. The van der Waals surface area contributed by atoms with Gasteiger partial charge in [0.25, 0.3) is 0 Å². The second-order valence-corrected chi connectivity index (χ2v) is 4.70. The van der Waals surface area contributed by atoms with Crippen molar-refractivity contribution < 1.29 is 14.3 Å². The summed E-state index contributed by atoms with van der Waals surface area (Å²) in [5, 5.41) is 0. The molecule has 4 nitrogen and oxygen atoms in total. The molecular formula is C15H21NO3. The van der Waals surface area contributed by atoms with Crippen molar-refractivity contribution in [2.24, 2.45) is 0 Å². The molecule has 104 valence electrons. The second kappa shape index (κ2) is 7.79. The number of hydrogen-bond donors (Lipinski definition) is 0. The molecule has 2 rings (SSSR count). The van der Waals surface area contributed by atoms with Crippen LogP contribution in [0.2, 0.25) is 0 Å². The highest BCUT2D eigenvalue weighted by molar-refractivity contribution is 5.67. The average Bonchev–Trinajstić information content (AvgIpc) is 2.49. The van der Waals surface area contributed by atoms with Crippen LogP contribution < -0.4 is 0 Å². The minimum absolute atomic E-state index is 0.206. The van der Waals surface area contributed by atoms with Gasteiger partial charge in [0.2, 0.25) is 0 Å². The van der Waals surface area contributed by atoms with Crippen LogP contribution in [0.5, 0.6) is 0 Å². The standard InChI is InChI=1S/C15H21NO3/c17-15(16-9-5-2-6-10-16)19-12-11-18-13-14-7-3-1-4-8-14/h1,3-4,7-8H,2,5-6,9-13H2. The molecular weight excluding hydrogens is 242 g/mol. The van der Waals surface area contributed by atoms with Gasteiger partial charge in [-0.05, 0) is 24.8 Å². The summed E-state index contributed by atoms with van der Waals surface area (Å²) in [5.74, 6) is 0. The van der Waals surface area contributed by atoms with E-state index in [0.717, 1.165) is 31.5 Å². The molecule has 0 aliphatic carbocycles.